The van der Waals surface area contributed by atoms with E-state index in [1.165, 1.54) is 0 Å². The Morgan fingerprint density at radius 1 is 1.29 bits per heavy atom. The molecule has 0 aliphatic heterocycles. The molecule has 0 radical (unpaired) electrons. The minimum absolute atomic E-state index is 0. The Morgan fingerprint density at radius 2 is 1.86 bits per heavy atom. The molecule has 3 heteroatoms. The lowest BCUT2D eigenvalue weighted by Gasteiger charge is -1.84. The van der Waals surface area contributed by atoms with Crippen LogP contribution in [-0.2, 0) is 0 Å². The van der Waals surface area contributed by atoms with E-state index >= 15 is 0 Å². The molecule has 0 aliphatic carbocycles. The average molecular weight is 189 g/mol. The van der Waals surface area contributed by atoms with E-state index in [1.807, 2.05) is 0 Å². The molecule has 0 aromatic heterocycles. The number of alkyl halides is 1. The SMILES string of the molecule is Cl.OCCCCBr. The van der Waals surface area contributed by atoms with Crippen LogP contribution in [-0.4, -0.2) is 17.0 Å². The Bertz CT molecular complexity index is 23.7. The highest BCUT2D eigenvalue weighted by Crippen LogP contribution is 1.90. The number of rotatable bonds is 3. The highest BCUT2D eigenvalue weighted by atomic mass is 79.9. The van der Waals surface area contributed by atoms with Crippen molar-refractivity contribution in [2.75, 3.05) is 11.9 Å². The number of aliphatic hydroxyl groups excluding tert-OH is 1. The van der Waals surface area contributed by atoms with Gasteiger partial charge in [0.2, 0.25) is 0 Å². The van der Waals surface area contributed by atoms with Crippen molar-refractivity contribution in [2.24, 2.45) is 0 Å². The van der Waals surface area contributed by atoms with Gasteiger partial charge >= 0.3 is 0 Å². The summed E-state index contributed by atoms with van der Waals surface area (Å²) >= 11 is 3.24. The van der Waals surface area contributed by atoms with Crippen LogP contribution in [0, 0.1) is 0 Å². The molecular formula is C4H10BrClO. The van der Waals surface area contributed by atoms with Crippen molar-refractivity contribution in [3.8, 4) is 0 Å². The monoisotopic (exact) mass is 188 g/mol. The van der Waals surface area contributed by atoms with Gasteiger partial charge in [0, 0.05) is 11.9 Å². The van der Waals surface area contributed by atoms with Crippen LogP contribution in [0.5, 0.6) is 0 Å². The fourth-order valence-corrected chi connectivity index (χ4v) is 0.603. The third kappa shape index (κ3) is 10.8. The first-order valence-corrected chi connectivity index (χ1v) is 3.20. The molecule has 1 nitrogen and oxygen atoms in total. The van der Waals surface area contributed by atoms with Gasteiger partial charge < -0.3 is 5.11 Å². The van der Waals surface area contributed by atoms with Crippen LogP contribution in [0.1, 0.15) is 12.8 Å². The van der Waals surface area contributed by atoms with Crippen LogP contribution in [0.2, 0.25) is 0 Å². The number of aliphatic hydroxyl groups is 1. The van der Waals surface area contributed by atoms with Gasteiger partial charge in [-0.15, -0.1) is 12.4 Å². The van der Waals surface area contributed by atoms with Gasteiger partial charge in [0.25, 0.3) is 0 Å². The van der Waals surface area contributed by atoms with Gasteiger partial charge in [0.15, 0.2) is 0 Å². The summed E-state index contributed by atoms with van der Waals surface area (Å²) < 4.78 is 0. The van der Waals surface area contributed by atoms with Crippen LogP contribution >= 0.6 is 28.3 Å². The zero-order valence-corrected chi connectivity index (χ0v) is 6.46. The largest absolute Gasteiger partial charge is 0.396 e. The molecule has 0 aliphatic rings. The second kappa shape index (κ2) is 9.88. The van der Waals surface area contributed by atoms with Gasteiger partial charge in [-0.05, 0) is 12.8 Å². The maximum absolute atomic E-state index is 8.18. The molecule has 0 amide bonds. The second-order valence-electron chi connectivity index (χ2n) is 1.12. The fourth-order valence-electron chi connectivity index (χ4n) is 0.206. The third-order valence-corrected chi connectivity index (χ3v) is 1.10. The van der Waals surface area contributed by atoms with Crippen molar-refractivity contribution in [2.45, 2.75) is 12.8 Å². The summed E-state index contributed by atoms with van der Waals surface area (Å²) in [6.07, 6.45) is 2.00. The molecule has 0 heterocycles. The Morgan fingerprint density at radius 3 is 2.00 bits per heavy atom. The Kier molecular flexibility index (Phi) is 15.0. The molecule has 0 unspecified atom stereocenters. The molecule has 0 fully saturated rings. The second-order valence-corrected chi connectivity index (χ2v) is 1.91. The summed E-state index contributed by atoms with van der Waals surface area (Å²) in [6, 6.07) is 0. The van der Waals surface area contributed by atoms with Crippen molar-refractivity contribution >= 4 is 28.3 Å². The van der Waals surface area contributed by atoms with Gasteiger partial charge in [-0.25, -0.2) is 0 Å². The number of hydrogen-bond acceptors (Lipinski definition) is 1. The summed E-state index contributed by atoms with van der Waals surface area (Å²) in [5.74, 6) is 0. The minimum atomic E-state index is 0. The van der Waals surface area contributed by atoms with E-state index in [4.69, 9.17) is 5.11 Å². The smallest absolute Gasteiger partial charge is 0.0431 e. The molecule has 0 spiro atoms. The summed E-state index contributed by atoms with van der Waals surface area (Å²) in [5, 5.41) is 9.18. The Hall–Kier alpha value is 0.730. The molecule has 7 heavy (non-hydrogen) atoms. The lowest BCUT2D eigenvalue weighted by Crippen LogP contribution is -1.80. The first-order valence-electron chi connectivity index (χ1n) is 2.08. The van der Waals surface area contributed by atoms with Crippen LogP contribution in [0.15, 0.2) is 0 Å². The molecule has 0 atom stereocenters. The van der Waals surface area contributed by atoms with Gasteiger partial charge in [-0.1, -0.05) is 15.9 Å². The molecule has 0 rings (SSSR count). The van der Waals surface area contributed by atoms with Gasteiger partial charge in [-0.3, -0.25) is 0 Å². The van der Waals surface area contributed by atoms with E-state index < -0.39 is 0 Å². The predicted octanol–water partition coefficient (Wildman–Crippen LogP) is 1.58. The van der Waals surface area contributed by atoms with E-state index in [2.05, 4.69) is 15.9 Å². The number of hydrogen-bond donors (Lipinski definition) is 1. The summed E-state index contributed by atoms with van der Waals surface area (Å²) in [6.45, 7) is 0.325. The van der Waals surface area contributed by atoms with Crippen LogP contribution < -0.4 is 0 Å². The Balaban J connectivity index is 0. The topological polar surface area (TPSA) is 20.2 Å². The van der Waals surface area contributed by atoms with Gasteiger partial charge in [0.05, 0.1) is 0 Å². The van der Waals surface area contributed by atoms with Gasteiger partial charge in [0.1, 0.15) is 0 Å². The van der Waals surface area contributed by atoms with E-state index in [0.29, 0.717) is 6.61 Å². The molecule has 46 valence electrons. The summed E-state index contributed by atoms with van der Waals surface area (Å²) in [7, 11) is 0. The van der Waals surface area contributed by atoms with E-state index in [0.717, 1.165) is 18.2 Å². The van der Waals surface area contributed by atoms with E-state index in [-0.39, 0.29) is 12.4 Å². The molecule has 0 saturated carbocycles. The van der Waals surface area contributed by atoms with Crippen molar-refractivity contribution < 1.29 is 5.11 Å². The number of unbranched alkanes of at least 4 members (excludes halogenated alkanes) is 1. The highest BCUT2D eigenvalue weighted by molar-refractivity contribution is 9.09. The molecule has 0 aromatic rings. The standard InChI is InChI=1S/C4H9BrO.ClH/c5-3-1-2-4-6;/h6H,1-4H2;1H. The summed E-state index contributed by atoms with van der Waals surface area (Å²) in [4.78, 5) is 0. The van der Waals surface area contributed by atoms with Crippen molar-refractivity contribution in [3.63, 3.8) is 0 Å². The third-order valence-electron chi connectivity index (χ3n) is 0.542. The zero-order valence-electron chi connectivity index (χ0n) is 4.06. The van der Waals surface area contributed by atoms with E-state index in [1.54, 1.807) is 0 Å². The van der Waals surface area contributed by atoms with Crippen molar-refractivity contribution in [1.82, 2.24) is 0 Å². The average Bonchev–Trinajstić information content (AvgIpc) is 1.61. The molecular weight excluding hydrogens is 179 g/mol. The Labute approximate surface area is 58.6 Å². The van der Waals surface area contributed by atoms with Gasteiger partial charge in [-0.2, -0.15) is 0 Å². The quantitative estimate of drug-likeness (QED) is 0.528. The van der Waals surface area contributed by atoms with Crippen molar-refractivity contribution in [1.29, 1.82) is 0 Å². The van der Waals surface area contributed by atoms with E-state index in [9.17, 15) is 0 Å². The first-order chi connectivity index (χ1) is 2.91. The predicted molar refractivity (Wildman–Crippen MR) is 37.4 cm³/mol. The first kappa shape index (κ1) is 10.7. The molecule has 0 aromatic carbocycles. The lowest BCUT2D eigenvalue weighted by molar-refractivity contribution is 0.287. The molecule has 0 bridgehead atoms. The molecule has 1 N–H and O–H groups in total. The maximum Gasteiger partial charge on any atom is 0.0431 e. The fraction of sp³-hybridized carbons (Fsp3) is 1.00. The number of halogens is 2. The van der Waals surface area contributed by atoms with Crippen LogP contribution in [0.4, 0.5) is 0 Å². The summed E-state index contributed by atoms with van der Waals surface area (Å²) in [5.41, 5.74) is 0. The highest BCUT2D eigenvalue weighted by Gasteiger charge is 1.77. The minimum Gasteiger partial charge on any atom is -0.396 e. The van der Waals surface area contributed by atoms with Crippen LogP contribution in [0.3, 0.4) is 0 Å². The maximum atomic E-state index is 8.18. The molecule has 0 saturated heterocycles. The lowest BCUT2D eigenvalue weighted by atomic mass is 10.4. The van der Waals surface area contributed by atoms with Crippen LogP contribution in [0.25, 0.3) is 0 Å². The zero-order chi connectivity index (χ0) is 4.83. The normalized spacial score (nSPS) is 7.71. The van der Waals surface area contributed by atoms with Crippen molar-refractivity contribution in [3.05, 3.63) is 0 Å².